The lowest BCUT2D eigenvalue weighted by Crippen LogP contribution is -2.15. The number of hydrogen-bond acceptors (Lipinski definition) is 12. The number of ether oxygens (including phenoxy) is 4. The number of pyridine rings is 2. The van der Waals surface area contributed by atoms with Crippen LogP contribution in [0.4, 0.5) is 22.7 Å². The maximum atomic E-state index is 12.1. The summed E-state index contributed by atoms with van der Waals surface area (Å²) in [6, 6.07) is 15.9. The van der Waals surface area contributed by atoms with Gasteiger partial charge in [0.1, 0.15) is 16.2 Å². The highest BCUT2D eigenvalue weighted by molar-refractivity contribution is 8.14. The molecule has 0 bridgehead atoms. The molecule has 2 amide bonds. The first-order chi connectivity index (χ1) is 25.1. The van der Waals surface area contributed by atoms with Gasteiger partial charge >= 0.3 is 0 Å². The number of hydrogen-bond donors (Lipinski definition) is 3. The predicted molar refractivity (Wildman–Crippen MR) is 206 cm³/mol. The van der Waals surface area contributed by atoms with Crippen LogP contribution in [0.2, 0.25) is 10.3 Å². The summed E-state index contributed by atoms with van der Waals surface area (Å²) in [6.45, 7) is 1.87. The molecule has 4 aliphatic rings. The Morgan fingerprint density at radius 3 is 2.04 bits per heavy atom. The summed E-state index contributed by atoms with van der Waals surface area (Å²) in [4.78, 5) is 36.3. The second-order valence-electron chi connectivity index (χ2n) is 10.6. The Kier molecular flexibility index (Phi) is 13.7. The molecule has 0 saturated heterocycles. The van der Waals surface area contributed by atoms with Gasteiger partial charge in [-0.25, -0.2) is 15.0 Å². The summed E-state index contributed by atoms with van der Waals surface area (Å²) in [5.74, 6) is 2.52. The van der Waals surface area contributed by atoms with Crippen molar-refractivity contribution in [3.05, 3.63) is 82.4 Å². The Bertz CT molecular complexity index is 2060. The molecule has 6 heterocycles. The summed E-state index contributed by atoms with van der Waals surface area (Å²) in [6.07, 6.45) is 4.82. The normalized spacial score (nSPS) is 13.2. The highest BCUT2D eigenvalue weighted by Gasteiger charge is 2.19. The van der Waals surface area contributed by atoms with Crippen molar-refractivity contribution in [1.82, 2.24) is 9.97 Å². The third-order valence-electron chi connectivity index (χ3n) is 6.90. The van der Waals surface area contributed by atoms with E-state index in [1.807, 2.05) is 6.07 Å². The summed E-state index contributed by atoms with van der Waals surface area (Å²) in [5, 5.41) is 17.7. The number of halogens is 3. The van der Waals surface area contributed by atoms with Gasteiger partial charge in [-0.15, -0.1) is 23.4 Å². The lowest BCUT2D eigenvalue weighted by molar-refractivity contribution is -0.114. The van der Waals surface area contributed by atoms with Crippen LogP contribution in [-0.4, -0.2) is 57.0 Å². The van der Waals surface area contributed by atoms with Gasteiger partial charge in [0, 0.05) is 43.3 Å². The van der Waals surface area contributed by atoms with E-state index in [9.17, 15) is 9.59 Å². The molecular weight excluding hydrogens is 773 g/mol. The first-order valence-corrected chi connectivity index (χ1v) is 17.9. The quantitative estimate of drug-likeness (QED) is 0.103. The van der Waals surface area contributed by atoms with Crippen molar-refractivity contribution in [2.45, 2.75) is 19.8 Å². The van der Waals surface area contributed by atoms with Crippen LogP contribution in [0.5, 0.6) is 23.0 Å². The van der Waals surface area contributed by atoms with E-state index in [-0.39, 0.29) is 37.0 Å². The van der Waals surface area contributed by atoms with Crippen LogP contribution in [0.15, 0.2) is 65.9 Å². The fourth-order valence-corrected chi connectivity index (χ4v) is 6.19. The molecule has 268 valence electrons. The van der Waals surface area contributed by atoms with Gasteiger partial charge in [0.05, 0.1) is 45.6 Å². The second-order valence-corrected chi connectivity index (χ2v) is 13.2. The van der Waals surface area contributed by atoms with Crippen molar-refractivity contribution >= 4 is 103 Å². The third kappa shape index (κ3) is 10.8. The molecule has 0 aliphatic carbocycles. The number of carbonyl (C=O) groups is 2. The van der Waals surface area contributed by atoms with Gasteiger partial charge in [0.2, 0.25) is 25.4 Å². The fourth-order valence-electron chi connectivity index (χ4n) is 4.71. The Balaban J connectivity index is 0.000000158. The zero-order valence-corrected chi connectivity index (χ0v) is 31.1. The molecule has 4 aliphatic heterocycles. The number of carbonyl (C=O) groups excluding carboxylic acids is 2. The SMILES string of the molecule is CC#N.O=C(CCl)Nc1ccc2c(c1)OCO2.O=C(CSC1=Nc2cnc(Cl)cc2C1)Nc1ccc2c(c1)OCO2.S=C1Cc2cc(Cl)ncc2N1. The van der Waals surface area contributed by atoms with Crippen LogP contribution in [-0.2, 0) is 22.4 Å². The van der Waals surface area contributed by atoms with Crippen molar-refractivity contribution in [3.63, 3.8) is 0 Å². The number of nitrogens with zero attached hydrogens (tertiary/aromatic N) is 4. The van der Waals surface area contributed by atoms with Crippen LogP contribution >= 0.6 is 58.8 Å². The molecule has 0 unspecified atom stereocenters. The van der Waals surface area contributed by atoms with E-state index in [4.69, 9.17) is 71.2 Å². The average molecular weight is 801 g/mol. The minimum Gasteiger partial charge on any atom is -0.454 e. The van der Waals surface area contributed by atoms with Crippen LogP contribution in [0.1, 0.15) is 18.1 Å². The molecule has 2 aromatic carbocycles. The number of amides is 2. The molecule has 4 aromatic rings. The molecule has 13 nitrogen and oxygen atoms in total. The topological polar surface area (TPSA) is 169 Å². The number of thioether (sulfide) groups is 1. The molecule has 0 radical (unpaired) electrons. The van der Waals surface area contributed by atoms with E-state index in [0.717, 1.165) is 39.0 Å². The summed E-state index contributed by atoms with van der Waals surface area (Å²) < 4.78 is 20.8. The van der Waals surface area contributed by atoms with E-state index >= 15 is 0 Å². The van der Waals surface area contributed by atoms with Gasteiger partial charge in [0.15, 0.2) is 23.0 Å². The Hall–Kier alpha value is -4.85. The third-order valence-corrected chi connectivity index (χ3v) is 8.78. The van der Waals surface area contributed by atoms with Gasteiger partial charge < -0.3 is 34.9 Å². The standard InChI is InChI=1S/C16H12ClN3O3S.C9H8ClNO3.C7H5ClN2S.C2H3N/c17-14-3-9-4-16(20-11(9)6-18-14)24-7-15(21)19-10-1-2-12-13(5-10)23-8-22-12;10-4-9(12)11-6-1-2-7-8(3-6)14-5-13-7;8-6-1-4-2-7(11)10-5(4)3-9-6;1-2-3/h1-3,5-6H,4,7-8H2,(H,19,21);1-3H,4-5H2,(H,11,12);1,3H,2H2,(H,10,11);1H3. The number of nitriles is 1. The van der Waals surface area contributed by atoms with Crippen LogP contribution < -0.4 is 34.9 Å². The molecule has 52 heavy (non-hydrogen) atoms. The molecule has 0 saturated carbocycles. The fraction of sp³-hybridized carbons (Fsp3) is 0.206. The zero-order chi connectivity index (χ0) is 37.0. The maximum absolute atomic E-state index is 12.1. The average Bonchev–Trinajstić information content (AvgIpc) is 3.93. The van der Waals surface area contributed by atoms with Crippen LogP contribution in [0.3, 0.4) is 0 Å². The van der Waals surface area contributed by atoms with Crippen molar-refractivity contribution in [3.8, 4) is 29.1 Å². The number of fused-ring (bicyclic) bond motifs is 4. The van der Waals surface area contributed by atoms with E-state index < -0.39 is 0 Å². The van der Waals surface area contributed by atoms with Crippen molar-refractivity contribution in [2.24, 2.45) is 4.99 Å². The minimum atomic E-state index is -0.245. The maximum Gasteiger partial charge on any atom is 0.239 e. The van der Waals surface area contributed by atoms with Crippen LogP contribution in [0, 0.1) is 11.3 Å². The molecule has 3 N–H and O–H groups in total. The van der Waals surface area contributed by atoms with Gasteiger partial charge in [-0.1, -0.05) is 35.4 Å². The van der Waals surface area contributed by atoms with Gasteiger partial charge in [-0.05, 0) is 47.5 Å². The molecule has 0 atom stereocenters. The number of alkyl halides is 1. The summed E-state index contributed by atoms with van der Waals surface area (Å²) in [5.41, 5.74) is 5.30. The van der Waals surface area contributed by atoms with Gasteiger partial charge in [-0.2, -0.15) is 5.26 Å². The first kappa shape index (κ1) is 38.4. The number of benzene rings is 2. The van der Waals surface area contributed by atoms with Crippen LogP contribution in [0.25, 0.3) is 0 Å². The van der Waals surface area contributed by atoms with E-state index in [0.29, 0.717) is 51.1 Å². The highest BCUT2D eigenvalue weighted by atomic mass is 35.5. The van der Waals surface area contributed by atoms with E-state index in [1.54, 1.807) is 60.9 Å². The second kappa shape index (κ2) is 18.6. The zero-order valence-electron chi connectivity index (χ0n) is 27.2. The highest BCUT2D eigenvalue weighted by Crippen LogP contribution is 2.36. The summed E-state index contributed by atoms with van der Waals surface area (Å²) in [7, 11) is 0. The molecule has 0 spiro atoms. The molecule has 0 fully saturated rings. The Morgan fingerprint density at radius 2 is 1.42 bits per heavy atom. The molecular formula is C34H28Cl3N7O6S2. The molecule has 18 heteroatoms. The lowest BCUT2D eigenvalue weighted by atomic mass is 10.2. The number of aromatic nitrogens is 2. The number of aliphatic imine (C=N–C) groups is 1. The number of anilines is 3. The van der Waals surface area contributed by atoms with Crippen molar-refractivity contribution < 1.29 is 28.5 Å². The number of thiocarbonyl (C=S) groups is 1. The predicted octanol–water partition coefficient (Wildman–Crippen LogP) is 7.57. The number of rotatable bonds is 5. The Labute approximate surface area is 323 Å². The monoisotopic (exact) mass is 799 g/mol. The van der Waals surface area contributed by atoms with Crippen molar-refractivity contribution in [1.29, 1.82) is 5.26 Å². The lowest BCUT2D eigenvalue weighted by Gasteiger charge is -2.06. The first-order valence-electron chi connectivity index (χ1n) is 15.2. The smallest absolute Gasteiger partial charge is 0.239 e. The van der Waals surface area contributed by atoms with Crippen molar-refractivity contribution in [2.75, 3.05) is 41.2 Å². The Morgan fingerprint density at radius 1 is 0.865 bits per heavy atom. The molecule has 8 rings (SSSR count). The summed E-state index contributed by atoms with van der Waals surface area (Å²) >= 11 is 23.3. The van der Waals surface area contributed by atoms with Gasteiger partial charge in [-0.3, -0.25) is 9.59 Å². The van der Waals surface area contributed by atoms with Gasteiger partial charge in [0.25, 0.3) is 0 Å². The largest absolute Gasteiger partial charge is 0.454 e. The molecule has 2 aromatic heterocycles. The van der Waals surface area contributed by atoms with E-state index in [1.165, 1.54) is 18.7 Å². The minimum absolute atomic E-state index is 0.0611. The van der Waals surface area contributed by atoms with E-state index in [2.05, 4.69) is 30.9 Å². The number of nitrogens with one attached hydrogen (secondary N) is 3.